The highest BCUT2D eigenvalue weighted by Gasteiger charge is 2.27. The van der Waals surface area contributed by atoms with Crippen LogP contribution in [0.2, 0.25) is 0 Å². The Kier molecular flexibility index (Phi) is 4.80. The zero-order valence-electron chi connectivity index (χ0n) is 9.49. The molecule has 0 aliphatic carbocycles. The van der Waals surface area contributed by atoms with E-state index in [0.29, 0.717) is 11.5 Å². The van der Waals surface area contributed by atoms with E-state index in [-0.39, 0.29) is 11.8 Å². The van der Waals surface area contributed by atoms with Crippen molar-refractivity contribution in [2.75, 3.05) is 13.1 Å². The quantitative estimate of drug-likeness (QED) is 0.758. The van der Waals surface area contributed by atoms with Crippen LogP contribution in [0, 0.1) is 5.92 Å². The van der Waals surface area contributed by atoms with Gasteiger partial charge in [-0.1, -0.05) is 12.2 Å². The average molecular weight is 412 g/mol. The predicted molar refractivity (Wildman–Crippen MR) is 85.1 cm³/mol. The SMILES string of the molecule is NC(=S)C1CCCN(C(=O)c2cc(Br)c(Br)s2)C1. The van der Waals surface area contributed by atoms with Crippen LogP contribution >= 0.6 is 55.4 Å². The number of thiophene rings is 1. The summed E-state index contributed by atoms with van der Waals surface area (Å²) in [7, 11) is 0. The van der Waals surface area contributed by atoms with Crippen LogP contribution in [0.1, 0.15) is 22.5 Å². The Labute approximate surface area is 132 Å². The van der Waals surface area contributed by atoms with Crippen LogP contribution in [-0.2, 0) is 0 Å². The first-order valence-corrected chi connectivity index (χ1v) is 8.33. The number of piperidine rings is 1. The van der Waals surface area contributed by atoms with Crippen molar-refractivity contribution in [2.24, 2.45) is 11.7 Å². The molecule has 1 aromatic heterocycles. The molecule has 0 aromatic carbocycles. The molecule has 2 heterocycles. The number of thiocarbonyl (C=S) groups is 1. The summed E-state index contributed by atoms with van der Waals surface area (Å²) < 4.78 is 1.85. The van der Waals surface area contributed by atoms with E-state index in [2.05, 4.69) is 31.9 Å². The number of carbonyl (C=O) groups is 1. The molecule has 1 unspecified atom stereocenters. The van der Waals surface area contributed by atoms with E-state index >= 15 is 0 Å². The van der Waals surface area contributed by atoms with Gasteiger partial charge < -0.3 is 10.6 Å². The first kappa shape index (κ1) is 14.4. The van der Waals surface area contributed by atoms with Crippen molar-refractivity contribution >= 4 is 66.3 Å². The van der Waals surface area contributed by atoms with Crippen molar-refractivity contribution in [2.45, 2.75) is 12.8 Å². The van der Waals surface area contributed by atoms with Crippen molar-refractivity contribution in [1.29, 1.82) is 0 Å². The lowest BCUT2D eigenvalue weighted by molar-refractivity contribution is 0.0708. The van der Waals surface area contributed by atoms with Crippen molar-refractivity contribution in [1.82, 2.24) is 4.90 Å². The molecule has 1 saturated heterocycles. The highest BCUT2D eigenvalue weighted by molar-refractivity contribution is 9.13. The minimum Gasteiger partial charge on any atom is -0.393 e. The second-order valence-electron chi connectivity index (χ2n) is 4.22. The fourth-order valence-corrected chi connectivity index (χ4v) is 4.20. The monoisotopic (exact) mass is 410 g/mol. The first-order valence-electron chi connectivity index (χ1n) is 5.52. The molecule has 98 valence electrons. The molecule has 2 N–H and O–H groups in total. The summed E-state index contributed by atoms with van der Waals surface area (Å²) >= 11 is 13.3. The highest BCUT2D eigenvalue weighted by Crippen LogP contribution is 2.33. The fourth-order valence-electron chi connectivity index (χ4n) is 2.00. The summed E-state index contributed by atoms with van der Waals surface area (Å²) in [5.41, 5.74) is 5.68. The Morgan fingerprint density at radius 2 is 2.28 bits per heavy atom. The number of hydrogen-bond acceptors (Lipinski definition) is 3. The van der Waals surface area contributed by atoms with Gasteiger partial charge in [0.1, 0.15) is 0 Å². The summed E-state index contributed by atoms with van der Waals surface area (Å²) in [6.45, 7) is 1.42. The molecule has 0 spiro atoms. The largest absolute Gasteiger partial charge is 0.393 e. The zero-order chi connectivity index (χ0) is 13.3. The molecule has 7 heteroatoms. The van der Waals surface area contributed by atoms with E-state index in [0.717, 1.165) is 32.5 Å². The van der Waals surface area contributed by atoms with Gasteiger partial charge in [0.15, 0.2) is 0 Å². The molecule has 0 bridgehead atoms. The van der Waals surface area contributed by atoms with Crippen LogP contribution in [0.5, 0.6) is 0 Å². The minimum atomic E-state index is 0.0624. The van der Waals surface area contributed by atoms with Crippen LogP contribution < -0.4 is 5.73 Å². The molecule has 1 aromatic rings. The molecule has 0 radical (unpaired) electrons. The maximum absolute atomic E-state index is 12.3. The summed E-state index contributed by atoms with van der Waals surface area (Å²) in [6.07, 6.45) is 1.94. The molecular weight excluding hydrogens is 400 g/mol. The molecule has 18 heavy (non-hydrogen) atoms. The van der Waals surface area contributed by atoms with Crippen molar-refractivity contribution in [3.63, 3.8) is 0 Å². The van der Waals surface area contributed by atoms with E-state index in [1.807, 2.05) is 11.0 Å². The minimum absolute atomic E-state index is 0.0624. The Hall–Kier alpha value is 0.0200. The van der Waals surface area contributed by atoms with Gasteiger partial charge in [-0.15, -0.1) is 11.3 Å². The lowest BCUT2D eigenvalue weighted by atomic mass is 9.98. The van der Waals surface area contributed by atoms with Gasteiger partial charge in [-0.3, -0.25) is 4.79 Å². The number of halogens is 2. The maximum atomic E-state index is 12.3. The van der Waals surface area contributed by atoms with Gasteiger partial charge in [0, 0.05) is 23.5 Å². The highest BCUT2D eigenvalue weighted by atomic mass is 79.9. The number of amides is 1. The number of nitrogens with zero attached hydrogens (tertiary/aromatic N) is 1. The van der Waals surface area contributed by atoms with Crippen molar-refractivity contribution in [3.8, 4) is 0 Å². The summed E-state index contributed by atoms with van der Waals surface area (Å²) in [6, 6.07) is 1.85. The van der Waals surface area contributed by atoms with Crippen LogP contribution in [0.3, 0.4) is 0 Å². The Morgan fingerprint density at radius 3 is 2.83 bits per heavy atom. The molecule has 1 amide bonds. The average Bonchev–Trinajstić information content (AvgIpc) is 2.69. The number of hydrogen-bond donors (Lipinski definition) is 1. The molecular formula is C11H12Br2N2OS2. The second-order valence-corrected chi connectivity index (χ2v) is 7.92. The van der Waals surface area contributed by atoms with Gasteiger partial charge in [0.2, 0.25) is 0 Å². The van der Waals surface area contributed by atoms with E-state index < -0.39 is 0 Å². The standard InChI is InChI=1S/C11H12Br2N2OS2/c12-7-4-8(18-9(7)13)11(16)15-3-1-2-6(5-15)10(14)17/h4,6H,1-3,5H2,(H2,14,17). The molecule has 2 rings (SSSR count). The van der Waals surface area contributed by atoms with Crippen LogP contribution in [-0.4, -0.2) is 28.9 Å². The summed E-state index contributed by atoms with van der Waals surface area (Å²) in [4.78, 5) is 15.4. The van der Waals surface area contributed by atoms with Gasteiger partial charge in [-0.05, 0) is 50.8 Å². The molecule has 0 saturated carbocycles. The van der Waals surface area contributed by atoms with Gasteiger partial charge in [-0.2, -0.15) is 0 Å². The number of carbonyl (C=O) groups excluding carboxylic acids is 1. The predicted octanol–water partition coefficient (Wildman–Crippen LogP) is 3.41. The van der Waals surface area contributed by atoms with Crippen LogP contribution in [0.4, 0.5) is 0 Å². The molecule has 1 aliphatic heterocycles. The third-order valence-corrected chi connectivity index (χ3v) is 6.54. The normalized spacial score (nSPS) is 19.9. The van der Waals surface area contributed by atoms with E-state index in [1.54, 1.807) is 0 Å². The number of nitrogens with two attached hydrogens (primary N) is 1. The smallest absolute Gasteiger partial charge is 0.264 e. The maximum Gasteiger partial charge on any atom is 0.264 e. The van der Waals surface area contributed by atoms with Gasteiger partial charge in [0.25, 0.3) is 5.91 Å². The van der Waals surface area contributed by atoms with Crippen molar-refractivity contribution in [3.05, 3.63) is 19.2 Å². The molecule has 1 atom stereocenters. The second kappa shape index (κ2) is 5.98. The van der Waals surface area contributed by atoms with Crippen molar-refractivity contribution < 1.29 is 4.79 Å². The third-order valence-electron chi connectivity index (χ3n) is 2.97. The number of rotatable bonds is 2. The van der Waals surface area contributed by atoms with E-state index in [1.165, 1.54) is 11.3 Å². The first-order chi connectivity index (χ1) is 8.49. The Balaban J connectivity index is 2.11. The lowest BCUT2D eigenvalue weighted by Gasteiger charge is -2.31. The fraction of sp³-hybridized carbons (Fsp3) is 0.455. The Morgan fingerprint density at radius 1 is 1.56 bits per heavy atom. The summed E-state index contributed by atoms with van der Waals surface area (Å²) in [5, 5.41) is 0. The molecule has 1 fully saturated rings. The topological polar surface area (TPSA) is 46.3 Å². The molecule has 1 aliphatic rings. The van der Waals surface area contributed by atoms with Crippen LogP contribution in [0.25, 0.3) is 0 Å². The van der Waals surface area contributed by atoms with Gasteiger partial charge in [-0.25, -0.2) is 0 Å². The van der Waals surface area contributed by atoms with E-state index in [9.17, 15) is 4.79 Å². The summed E-state index contributed by atoms with van der Waals surface area (Å²) in [5.74, 6) is 0.219. The molecule has 3 nitrogen and oxygen atoms in total. The van der Waals surface area contributed by atoms with E-state index in [4.69, 9.17) is 18.0 Å². The lowest BCUT2D eigenvalue weighted by Crippen LogP contribution is -2.43. The number of likely N-dealkylation sites (tertiary alicyclic amines) is 1. The zero-order valence-corrected chi connectivity index (χ0v) is 14.3. The van der Waals surface area contributed by atoms with Gasteiger partial charge >= 0.3 is 0 Å². The Bertz CT molecular complexity index is 470. The van der Waals surface area contributed by atoms with Crippen LogP contribution in [0.15, 0.2) is 14.3 Å². The van der Waals surface area contributed by atoms with Gasteiger partial charge in [0.05, 0.1) is 13.7 Å². The third kappa shape index (κ3) is 3.12.